The van der Waals surface area contributed by atoms with E-state index in [1.54, 1.807) is 0 Å². The van der Waals surface area contributed by atoms with Crippen LogP contribution in [0.3, 0.4) is 0 Å². The second-order valence-corrected chi connectivity index (χ2v) is 5.88. The maximum Gasteiger partial charge on any atom is 0.137 e. The van der Waals surface area contributed by atoms with E-state index in [4.69, 9.17) is 0 Å². The third kappa shape index (κ3) is 2.91. The van der Waals surface area contributed by atoms with Crippen LogP contribution < -0.4 is 5.32 Å². The third-order valence-electron chi connectivity index (χ3n) is 2.30. The number of anilines is 1. The predicted octanol–water partition coefficient (Wildman–Crippen LogP) is 3.11. The van der Waals surface area contributed by atoms with Gasteiger partial charge in [-0.15, -0.1) is 0 Å². The molecule has 4 heteroatoms. The molecule has 1 aromatic heterocycles. The molecule has 0 aliphatic heterocycles. The zero-order valence-corrected chi connectivity index (χ0v) is 10.9. The van der Waals surface area contributed by atoms with Crippen LogP contribution >= 0.6 is 15.9 Å². The third-order valence-corrected chi connectivity index (χ3v) is 2.70. The molecule has 0 spiro atoms. The molecule has 1 N–H and O–H groups in total. The quantitative estimate of drug-likeness (QED) is 0.839. The Hall–Kier alpha value is -0.640. The first-order chi connectivity index (χ1) is 6.95. The monoisotopic (exact) mass is 269 g/mol. The fourth-order valence-corrected chi connectivity index (χ4v) is 1.65. The lowest BCUT2D eigenvalue weighted by molar-refractivity contribution is 0.544. The molecule has 0 radical (unpaired) electrons. The summed E-state index contributed by atoms with van der Waals surface area (Å²) < 4.78 is 0.852. The smallest absolute Gasteiger partial charge is 0.137 e. The first kappa shape index (κ1) is 10.9. The Morgan fingerprint density at radius 2 is 2.00 bits per heavy atom. The van der Waals surface area contributed by atoms with Gasteiger partial charge in [-0.05, 0) is 28.8 Å². The zero-order chi connectivity index (χ0) is 11.1. The molecule has 1 aromatic rings. The van der Waals surface area contributed by atoms with Crippen molar-refractivity contribution >= 4 is 21.7 Å². The van der Waals surface area contributed by atoms with Crippen molar-refractivity contribution in [2.24, 2.45) is 0 Å². The normalized spacial score (nSPS) is 16.5. The SMILES string of the molecule is CC(C)(C)c1nc(Br)cc(NC2CC2)n1. The topological polar surface area (TPSA) is 37.8 Å². The molecule has 1 heterocycles. The molecule has 2 rings (SSSR count). The summed E-state index contributed by atoms with van der Waals surface area (Å²) in [5.41, 5.74) is -0.0102. The zero-order valence-electron chi connectivity index (χ0n) is 9.34. The van der Waals surface area contributed by atoms with Crippen molar-refractivity contribution in [1.29, 1.82) is 0 Å². The molecule has 1 saturated carbocycles. The highest BCUT2D eigenvalue weighted by Gasteiger charge is 2.23. The van der Waals surface area contributed by atoms with Gasteiger partial charge in [-0.2, -0.15) is 0 Å². The Morgan fingerprint density at radius 3 is 2.53 bits per heavy atom. The van der Waals surface area contributed by atoms with Gasteiger partial charge in [-0.3, -0.25) is 0 Å². The molecule has 0 atom stereocenters. The number of halogens is 1. The van der Waals surface area contributed by atoms with E-state index in [1.165, 1.54) is 12.8 Å². The summed E-state index contributed by atoms with van der Waals surface area (Å²) >= 11 is 3.42. The molecular formula is C11H16BrN3. The summed E-state index contributed by atoms with van der Waals surface area (Å²) in [6.45, 7) is 6.36. The molecule has 15 heavy (non-hydrogen) atoms. The number of rotatable bonds is 2. The largest absolute Gasteiger partial charge is 0.367 e. The van der Waals surface area contributed by atoms with Gasteiger partial charge in [0.2, 0.25) is 0 Å². The second kappa shape index (κ2) is 3.74. The predicted molar refractivity (Wildman–Crippen MR) is 65.1 cm³/mol. The first-order valence-electron chi connectivity index (χ1n) is 5.27. The van der Waals surface area contributed by atoms with Crippen LogP contribution in [0.25, 0.3) is 0 Å². The van der Waals surface area contributed by atoms with E-state index in [-0.39, 0.29) is 5.41 Å². The van der Waals surface area contributed by atoms with Crippen molar-refractivity contribution < 1.29 is 0 Å². The van der Waals surface area contributed by atoms with Crippen molar-refractivity contribution in [3.05, 3.63) is 16.5 Å². The number of nitrogens with zero attached hydrogens (tertiary/aromatic N) is 2. The van der Waals surface area contributed by atoms with Crippen LogP contribution in [0.1, 0.15) is 39.4 Å². The molecule has 1 aliphatic rings. The van der Waals surface area contributed by atoms with Gasteiger partial charge >= 0.3 is 0 Å². The van der Waals surface area contributed by atoms with Gasteiger partial charge in [-0.25, -0.2) is 9.97 Å². The minimum atomic E-state index is -0.0102. The van der Waals surface area contributed by atoms with Crippen LogP contribution in [-0.4, -0.2) is 16.0 Å². The first-order valence-corrected chi connectivity index (χ1v) is 6.06. The minimum Gasteiger partial charge on any atom is -0.367 e. The Balaban J connectivity index is 2.27. The van der Waals surface area contributed by atoms with Gasteiger partial charge in [0, 0.05) is 17.5 Å². The van der Waals surface area contributed by atoms with Gasteiger partial charge in [0.1, 0.15) is 16.2 Å². The molecular weight excluding hydrogens is 254 g/mol. The van der Waals surface area contributed by atoms with E-state index in [2.05, 4.69) is 52.0 Å². The van der Waals surface area contributed by atoms with Crippen molar-refractivity contribution in [2.75, 3.05) is 5.32 Å². The molecule has 1 aliphatic carbocycles. The van der Waals surface area contributed by atoms with Crippen LogP contribution in [0.5, 0.6) is 0 Å². The molecule has 82 valence electrons. The van der Waals surface area contributed by atoms with E-state index < -0.39 is 0 Å². The van der Waals surface area contributed by atoms with Crippen LogP contribution in [0.15, 0.2) is 10.7 Å². The van der Waals surface area contributed by atoms with Crippen molar-refractivity contribution in [3.63, 3.8) is 0 Å². The van der Waals surface area contributed by atoms with E-state index in [1.807, 2.05) is 6.07 Å². The number of hydrogen-bond acceptors (Lipinski definition) is 3. The van der Waals surface area contributed by atoms with E-state index in [9.17, 15) is 0 Å². The van der Waals surface area contributed by atoms with Gasteiger partial charge < -0.3 is 5.32 Å². The maximum absolute atomic E-state index is 4.53. The molecule has 0 aromatic carbocycles. The highest BCUT2D eigenvalue weighted by atomic mass is 79.9. The summed E-state index contributed by atoms with van der Waals surface area (Å²) in [5, 5.41) is 3.39. The Morgan fingerprint density at radius 1 is 1.33 bits per heavy atom. The number of hydrogen-bond donors (Lipinski definition) is 1. The fraction of sp³-hybridized carbons (Fsp3) is 0.636. The Kier molecular flexibility index (Phi) is 2.71. The van der Waals surface area contributed by atoms with E-state index in [0.717, 1.165) is 16.2 Å². The van der Waals surface area contributed by atoms with Crippen LogP contribution in [0.4, 0.5) is 5.82 Å². The van der Waals surface area contributed by atoms with Gasteiger partial charge in [0.25, 0.3) is 0 Å². The highest BCUT2D eigenvalue weighted by molar-refractivity contribution is 9.10. The molecule has 0 unspecified atom stereocenters. The number of aromatic nitrogens is 2. The average molecular weight is 270 g/mol. The van der Waals surface area contributed by atoms with Crippen molar-refractivity contribution in [2.45, 2.75) is 45.1 Å². The summed E-state index contributed by atoms with van der Waals surface area (Å²) in [7, 11) is 0. The summed E-state index contributed by atoms with van der Waals surface area (Å²) in [6, 6.07) is 2.56. The lowest BCUT2D eigenvalue weighted by Crippen LogP contribution is -2.17. The van der Waals surface area contributed by atoms with Gasteiger partial charge in [0.05, 0.1) is 0 Å². The van der Waals surface area contributed by atoms with E-state index >= 15 is 0 Å². The molecule has 0 bridgehead atoms. The summed E-state index contributed by atoms with van der Waals surface area (Å²) in [6.07, 6.45) is 2.51. The standard InChI is InChI=1S/C11H16BrN3/c1-11(2,3)10-14-8(12)6-9(15-10)13-7-4-5-7/h6-7H,4-5H2,1-3H3,(H,13,14,15). The average Bonchev–Trinajstić information content (AvgIpc) is 2.85. The molecule has 0 amide bonds. The maximum atomic E-state index is 4.53. The van der Waals surface area contributed by atoms with Crippen LogP contribution in [0.2, 0.25) is 0 Å². The Labute approximate surface area is 98.8 Å². The van der Waals surface area contributed by atoms with Crippen LogP contribution in [-0.2, 0) is 5.41 Å². The van der Waals surface area contributed by atoms with Crippen molar-refractivity contribution in [1.82, 2.24) is 9.97 Å². The molecule has 0 saturated heterocycles. The highest BCUT2D eigenvalue weighted by Crippen LogP contribution is 2.27. The molecule has 1 fully saturated rings. The number of nitrogens with one attached hydrogen (secondary N) is 1. The minimum absolute atomic E-state index is 0.0102. The van der Waals surface area contributed by atoms with Gasteiger partial charge in [0.15, 0.2) is 0 Å². The van der Waals surface area contributed by atoms with Gasteiger partial charge in [-0.1, -0.05) is 20.8 Å². The second-order valence-electron chi connectivity index (χ2n) is 5.07. The Bertz CT molecular complexity index is 367. The summed E-state index contributed by atoms with van der Waals surface area (Å²) in [5.74, 6) is 1.81. The van der Waals surface area contributed by atoms with Crippen molar-refractivity contribution in [3.8, 4) is 0 Å². The van der Waals surface area contributed by atoms with E-state index in [0.29, 0.717) is 6.04 Å². The lowest BCUT2D eigenvalue weighted by atomic mass is 9.96. The summed E-state index contributed by atoms with van der Waals surface area (Å²) in [4.78, 5) is 8.93. The molecule has 3 nitrogen and oxygen atoms in total. The fourth-order valence-electron chi connectivity index (χ4n) is 1.26. The van der Waals surface area contributed by atoms with Crippen LogP contribution in [0, 0.1) is 0 Å². The lowest BCUT2D eigenvalue weighted by Gasteiger charge is -2.17.